The van der Waals surface area contributed by atoms with Gasteiger partial charge in [-0.2, -0.15) is 0 Å². The molecule has 1 saturated heterocycles. The fourth-order valence-electron chi connectivity index (χ4n) is 1.29. The van der Waals surface area contributed by atoms with Crippen LogP contribution in [0.15, 0.2) is 22.1 Å². The third-order valence-corrected chi connectivity index (χ3v) is 2.36. The van der Waals surface area contributed by atoms with Crippen LogP contribution in [-0.2, 0) is 6.54 Å². The van der Waals surface area contributed by atoms with Gasteiger partial charge in [-0.3, -0.25) is 0 Å². The van der Waals surface area contributed by atoms with Gasteiger partial charge in [0, 0.05) is 12.1 Å². The number of halogens is 1. The summed E-state index contributed by atoms with van der Waals surface area (Å²) in [7, 11) is 0. The lowest BCUT2D eigenvalue weighted by atomic mass is 10.2. The average Bonchev–Trinajstić information content (AvgIpc) is 2.74. The SMILES string of the molecule is CC1NC(=NCc2cocn2)NC1C.I. The molecule has 2 rings (SSSR count). The van der Waals surface area contributed by atoms with Crippen LogP contribution in [0.5, 0.6) is 0 Å². The smallest absolute Gasteiger partial charge is 0.192 e. The minimum atomic E-state index is 0. The van der Waals surface area contributed by atoms with Crippen molar-refractivity contribution in [2.45, 2.75) is 32.5 Å². The molecule has 0 aliphatic carbocycles. The van der Waals surface area contributed by atoms with Gasteiger partial charge in [-0.1, -0.05) is 0 Å². The number of aliphatic imine (C=N–C) groups is 1. The summed E-state index contributed by atoms with van der Waals surface area (Å²) in [5.74, 6) is 0.841. The highest BCUT2D eigenvalue weighted by Gasteiger charge is 2.21. The van der Waals surface area contributed by atoms with E-state index in [-0.39, 0.29) is 24.0 Å². The molecule has 1 aromatic rings. The zero-order valence-corrected chi connectivity index (χ0v) is 11.1. The average molecular weight is 322 g/mol. The topological polar surface area (TPSA) is 62.5 Å². The van der Waals surface area contributed by atoms with E-state index in [0.717, 1.165) is 11.7 Å². The van der Waals surface area contributed by atoms with Gasteiger partial charge in [-0.15, -0.1) is 24.0 Å². The molecule has 0 aromatic carbocycles. The van der Waals surface area contributed by atoms with Gasteiger partial charge < -0.3 is 15.1 Å². The van der Waals surface area contributed by atoms with Crippen LogP contribution in [0, 0.1) is 0 Å². The molecule has 2 heterocycles. The molecule has 2 N–H and O–H groups in total. The van der Waals surface area contributed by atoms with Crippen molar-refractivity contribution in [2.24, 2.45) is 4.99 Å². The lowest BCUT2D eigenvalue weighted by Crippen LogP contribution is -2.26. The van der Waals surface area contributed by atoms with E-state index >= 15 is 0 Å². The van der Waals surface area contributed by atoms with E-state index in [2.05, 4.69) is 34.5 Å². The number of nitrogens with one attached hydrogen (secondary N) is 2. The lowest BCUT2D eigenvalue weighted by Gasteiger charge is -2.04. The molecule has 5 nitrogen and oxygen atoms in total. The highest BCUT2D eigenvalue weighted by molar-refractivity contribution is 14.0. The van der Waals surface area contributed by atoms with E-state index in [4.69, 9.17) is 4.42 Å². The Morgan fingerprint density at radius 1 is 1.40 bits per heavy atom. The second-order valence-electron chi connectivity index (χ2n) is 3.51. The van der Waals surface area contributed by atoms with E-state index in [1.807, 2.05) is 0 Å². The van der Waals surface area contributed by atoms with E-state index in [0.29, 0.717) is 18.6 Å². The molecule has 0 spiro atoms. The monoisotopic (exact) mass is 322 g/mol. The van der Waals surface area contributed by atoms with Gasteiger partial charge in [0.15, 0.2) is 12.4 Å². The van der Waals surface area contributed by atoms with E-state index in [9.17, 15) is 0 Å². The standard InChI is InChI=1S/C9H14N4O.HI/c1-6-7(2)13-9(12-6)10-3-8-4-14-5-11-8;/h4-7H,3H2,1-2H3,(H2,10,12,13);1H. The van der Waals surface area contributed by atoms with Crippen molar-refractivity contribution in [3.63, 3.8) is 0 Å². The molecule has 1 aromatic heterocycles. The second kappa shape index (κ2) is 5.34. The van der Waals surface area contributed by atoms with Gasteiger partial charge in [-0.25, -0.2) is 9.98 Å². The zero-order chi connectivity index (χ0) is 9.97. The molecule has 0 radical (unpaired) electrons. The van der Waals surface area contributed by atoms with Gasteiger partial charge in [0.25, 0.3) is 0 Å². The van der Waals surface area contributed by atoms with Crippen LogP contribution in [0.2, 0.25) is 0 Å². The van der Waals surface area contributed by atoms with Crippen LogP contribution in [0.1, 0.15) is 19.5 Å². The van der Waals surface area contributed by atoms with Crippen LogP contribution in [0.3, 0.4) is 0 Å². The Labute approximate surface area is 106 Å². The van der Waals surface area contributed by atoms with Crippen molar-refractivity contribution in [1.82, 2.24) is 15.6 Å². The Hall–Kier alpha value is -0.790. The van der Waals surface area contributed by atoms with Crippen LogP contribution in [-0.4, -0.2) is 23.0 Å². The normalized spacial score (nSPS) is 24.0. The summed E-state index contributed by atoms with van der Waals surface area (Å²) in [4.78, 5) is 8.32. The minimum Gasteiger partial charge on any atom is -0.451 e. The predicted molar refractivity (Wildman–Crippen MR) is 68.3 cm³/mol. The Morgan fingerprint density at radius 2 is 2.07 bits per heavy atom. The summed E-state index contributed by atoms with van der Waals surface area (Å²) in [5.41, 5.74) is 0.841. The molecule has 15 heavy (non-hydrogen) atoms. The summed E-state index contributed by atoms with van der Waals surface area (Å²) < 4.78 is 4.85. The maximum Gasteiger partial charge on any atom is 0.192 e. The number of hydrogen-bond donors (Lipinski definition) is 2. The molecule has 0 bridgehead atoms. The fourth-order valence-corrected chi connectivity index (χ4v) is 1.29. The van der Waals surface area contributed by atoms with Crippen molar-refractivity contribution >= 4 is 29.9 Å². The van der Waals surface area contributed by atoms with E-state index < -0.39 is 0 Å². The van der Waals surface area contributed by atoms with Crippen molar-refractivity contribution in [3.8, 4) is 0 Å². The van der Waals surface area contributed by atoms with E-state index in [1.54, 1.807) is 6.26 Å². The largest absolute Gasteiger partial charge is 0.451 e. The van der Waals surface area contributed by atoms with E-state index in [1.165, 1.54) is 6.39 Å². The third-order valence-electron chi connectivity index (χ3n) is 2.36. The number of guanidine groups is 1. The van der Waals surface area contributed by atoms with Crippen molar-refractivity contribution < 1.29 is 4.42 Å². The number of oxazole rings is 1. The lowest BCUT2D eigenvalue weighted by molar-refractivity contribution is 0.556. The number of nitrogens with zero attached hydrogens (tertiary/aromatic N) is 2. The van der Waals surface area contributed by atoms with Crippen molar-refractivity contribution in [3.05, 3.63) is 18.4 Å². The molecule has 0 amide bonds. The molecule has 1 aliphatic heterocycles. The Morgan fingerprint density at radius 3 is 2.60 bits per heavy atom. The van der Waals surface area contributed by atoms with Crippen LogP contribution < -0.4 is 10.6 Å². The van der Waals surface area contributed by atoms with Gasteiger partial charge in [0.1, 0.15) is 12.0 Å². The molecule has 2 atom stereocenters. The minimum absolute atomic E-state index is 0. The molecule has 84 valence electrons. The quantitative estimate of drug-likeness (QED) is 0.801. The van der Waals surface area contributed by atoms with Crippen LogP contribution >= 0.6 is 24.0 Å². The predicted octanol–water partition coefficient (Wildman–Crippen LogP) is 1.12. The molecule has 0 saturated carbocycles. The number of hydrogen-bond acceptors (Lipinski definition) is 3. The zero-order valence-electron chi connectivity index (χ0n) is 8.73. The maximum atomic E-state index is 4.85. The highest BCUT2D eigenvalue weighted by atomic mass is 127. The molecule has 1 fully saturated rings. The van der Waals surface area contributed by atoms with Crippen LogP contribution in [0.25, 0.3) is 0 Å². The summed E-state index contributed by atoms with van der Waals surface area (Å²) in [6, 6.07) is 0.845. The third kappa shape index (κ3) is 3.08. The highest BCUT2D eigenvalue weighted by Crippen LogP contribution is 2.01. The van der Waals surface area contributed by atoms with Crippen molar-refractivity contribution in [2.75, 3.05) is 0 Å². The molecular formula is C9H15IN4O. The Bertz CT molecular complexity index is 313. The van der Waals surface area contributed by atoms with Crippen LogP contribution in [0.4, 0.5) is 0 Å². The second-order valence-corrected chi connectivity index (χ2v) is 3.51. The van der Waals surface area contributed by atoms with Gasteiger partial charge in [-0.05, 0) is 13.8 Å². The first-order valence-corrected chi connectivity index (χ1v) is 4.70. The molecule has 6 heteroatoms. The van der Waals surface area contributed by atoms with Gasteiger partial charge >= 0.3 is 0 Å². The summed E-state index contributed by atoms with van der Waals surface area (Å²) in [5, 5.41) is 6.49. The number of rotatable bonds is 2. The fraction of sp³-hybridized carbons (Fsp3) is 0.556. The first-order valence-electron chi connectivity index (χ1n) is 4.70. The maximum absolute atomic E-state index is 4.85. The molecule has 1 aliphatic rings. The molecule has 2 unspecified atom stereocenters. The Balaban J connectivity index is 0.00000112. The van der Waals surface area contributed by atoms with Gasteiger partial charge in [0.2, 0.25) is 0 Å². The van der Waals surface area contributed by atoms with Crippen molar-refractivity contribution in [1.29, 1.82) is 0 Å². The molecular weight excluding hydrogens is 307 g/mol. The first-order chi connectivity index (χ1) is 6.75. The summed E-state index contributed by atoms with van der Waals surface area (Å²) in [6.07, 6.45) is 3.02. The Kier molecular flexibility index (Phi) is 4.37. The number of aromatic nitrogens is 1. The van der Waals surface area contributed by atoms with Gasteiger partial charge in [0.05, 0.1) is 6.54 Å². The first kappa shape index (κ1) is 12.3. The summed E-state index contributed by atoms with van der Waals surface area (Å²) in [6.45, 7) is 4.79. The summed E-state index contributed by atoms with van der Waals surface area (Å²) >= 11 is 0.